The Balaban J connectivity index is 2.76. The van der Waals surface area contributed by atoms with Crippen LogP contribution in [-0.2, 0) is 4.79 Å². The molecule has 70 valence electrons. The van der Waals surface area contributed by atoms with Gasteiger partial charge in [-0.05, 0) is 32.6 Å². The van der Waals surface area contributed by atoms with E-state index in [1.165, 1.54) is 0 Å². The van der Waals surface area contributed by atoms with Gasteiger partial charge in [-0.1, -0.05) is 6.92 Å². The van der Waals surface area contributed by atoms with Gasteiger partial charge in [-0.3, -0.25) is 4.79 Å². The van der Waals surface area contributed by atoms with E-state index in [1.54, 1.807) is 13.8 Å². The minimum atomic E-state index is -1.01. The smallest absolute Gasteiger partial charge is 0.312 e. The summed E-state index contributed by atoms with van der Waals surface area (Å²) in [5.74, 6) is -0.467. The summed E-state index contributed by atoms with van der Waals surface area (Å²) in [6.07, 6.45) is 1.21. The highest BCUT2D eigenvalue weighted by molar-refractivity contribution is 5.75. The molecule has 0 aromatic heterocycles. The highest BCUT2D eigenvalue weighted by atomic mass is 16.4. The summed E-state index contributed by atoms with van der Waals surface area (Å²) in [7, 11) is 0. The average Bonchev–Trinajstić information content (AvgIpc) is 1.83. The first kappa shape index (κ1) is 9.52. The second-order valence-electron chi connectivity index (χ2n) is 4.48. The number of carbonyl (C=O) groups is 1. The maximum absolute atomic E-state index is 10.8. The van der Waals surface area contributed by atoms with Gasteiger partial charge in [0.15, 0.2) is 0 Å². The minimum Gasteiger partial charge on any atom is -0.481 e. The quantitative estimate of drug-likeness (QED) is 0.659. The molecule has 0 heterocycles. The van der Waals surface area contributed by atoms with Crippen molar-refractivity contribution in [1.29, 1.82) is 0 Å². The summed E-state index contributed by atoms with van der Waals surface area (Å²) in [5.41, 5.74) is -2.00. The Morgan fingerprint density at radius 1 is 1.50 bits per heavy atom. The van der Waals surface area contributed by atoms with Crippen LogP contribution in [0.1, 0.15) is 33.6 Å². The van der Waals surface area contributed by atoms with Crippen molar-refractivity contribution in [2.45, 2.75) is 39.2 Å². The number of aliphatic hydroxyl groups is 1. The SMILES string of the molecule is CC1CC(O)(C(C)(C)C(=O)O)C1. The molecule has 1 saturated carbocycles. The molecule has 0 aromatic rings. The summed E-state index contributed by atoms with van der Waals surface area (Å²) in [4.78, 5) is 10.8. The number of carboxylic acids is 1. The van der Waals surface area contributed by atoms with E-state index >= 15 is 0 Å². The second kappa shape index (κ2) is 2.46. The first-order valence-corrected chi connectivity index (χ1v) is 4.25. The van der Waals surface area contributed by atoms with E-state index < -0.39 is 17.0 Å². The predicted octanol–water partition coefficient (Wildman–Crippen LogP) is 1.26. The van der Waals surface area contributed by atoms with Crippen molar-refractivity contribution >= 4 is 5.97 Å². The first-order chi connectivity index (χ1) is 5.29. The fourth-order valence-electron chi connectivity index (χ4n) is 1.80. The van der Waals surface area contributed by atoms with Crippen LogP contribution in [0.4, 0.5) is 0 Å². The lowest BCUT2D eigenvalue weighted by Gasteiger charge is -2.50. The van der Waals surface area contributed by atoms with Gasteiger partial charge in [0.25, 0.3) is 0 Å². The molecule has 0 aromatic carbocycles. The highest BCUT2D eigenvalue weighted by Crippen LogP contribution is 2.49. The number of hydrogen-bond donors (Lipinski definition) is 2. The summed E-state index contributed by atoms with van der Waals surface area (Å²) < 4.78 is 0. The van der Waals surface area contributed by atoms with E-state index in [1.807, 2.05) is 6.92 Å². The Labute approximate surface area is 72.4 Å². The van der Waals surface area contributed by atoms with Crippen molar-refractivity contribution in [3.63, 3.8) is 0 Å². The lowest BCUT2D eigenvalue weighted by molar-refractivity contribution is -0.185. The number of aliphatic carboxylic acids is 1. The molecule has 1 rings (SSSR count). The molecule has 0 spiro atoms. The highest BCUT2D eigenvalue weighted by Gasteiger charge is 2.55. The fourth-order valence-corrected chi connectivity index (χ4v) is 1.80. The number of carboxylic acid groups (broad SMARTS) is 1. The largest absolute Gasteiger partial charge is 0.481 e. The molecule has 0 atom stereocenters. The van der Waals surface area contributed by atoms with Gasteiger partial charge < -0.3 is 10.2 Å². The molecule has 1 aliphatic rings. The van der Waals surface area contributed by atoms with E-state index in [9.17, 15) is 9.90 Å². The average molecular weight is 172 g/mol. The molecular formula is C9H16O3. The van der Waals surface area contributed by atoms with Gasteiger partial charge in [0, 0.05) is 0 Å². The lowest BCUT2D eigenvalue weighted by Crippen LogP contribution is -2.57. The van der Waals surface area contributed by atoms with Gasteiger partial charge in [-0.2, -0.15) is 0 Å². The van der Waals surface area contributed by atoms with Gasteiger partial charge in [-0.15, -0.1) is 0 Å². The van der Waals surface area contributed by atoms with E-state index in [0.717, 1.165) is 0 Å². The van der Waals surface area contributed by atoms with Crippen LogP contribution in [0.15, 0.2) is 0 Å². The van der Waals surface area contributed by atoms with Crippen LogP contribution in [0.2, 0.25) is 0 Å². The van der Waals surface area contributed by atoms with Crippen molar-refractivity contribution in [3.05, 3.63) is 0 Å². The molecular weight excluding hydrogens is 156 g/mol. The third-order valence-electron chi connectivity index (χ3n) is 3.07. The van der Waals surface area contributed by atoms with Crippen LogP contribution in [-0.4, -0.2) is 21.8 Å². The zero-order valence-electron chi connectivity index (χ0n) is 7.79. The predicted molar refractivity (Wildman–Crippen MR) is 44.8 cm³/mol. The van der Waals surface area contributed by atoms with Crippen LogP contribution in [0.5, 0.6) is 0 Å². The second-order valence-corrected chi connectivity index (χ2v) is 4.48. The fraction of sp³-hybridized carbons (Fsp3) is 0.889. The molecule has 1 aliphatic carbocycles. The zero-order chi connectivity index (χ0) is 9.57. The summed E-state index contributed by atoms with van der Waals surface area (Å²) in [6.45, 7) is 5.19. The molecule has 1 fully saturated rings. The van der Waals surface area contributed by atoms with Crippen molar-refractivity contribution in [2.24, 2.45) is 11.3 Å². The van der Waals surface area contributed by atoms with Crippen LogP contribution in [0.3, 0.4) is 0 Å². The van der Waals surface area contributed by atoms with Crippen molar-refractivity contribution in [3.8, 4) is 0 Å². The maximum atomic E-state index is 10.8. The van der Waals surface area contributed by atoms with E-state index in [4.69, 9.17) is 5.11 Å². The molecule has 3 heteroatoms. The molecule has 2 N–H and O–H groups in total. The third kappa shape index (κ3) is 1.12. The van der Waals surface area contributed by atoms with Crippen LogP contribution < -0.4 is 0 Å². The third-order valence-corrected chi connectivity index (χ3v) is 3.07. The van der Waals surface area contributed by atoms with Crippen LogP contribution >= 0.6 is 0 Å². The number of rotatable bonds is 2. The van der Waals surface area contributed by atoms with Gasteiger partial charge in [0.05, 0.1) is 11.0 Å². The molecule has 0 amide bonds. The summed E-state index contributed by atoms with van der Waals surface area (Å²) in [5, 5.41) is 18.8. The van der Waals surface area contributed by atoms with Crippen molar-refractivity contribution in [1.82, 2.24) is 0 Å². The van der Waals surface area contributed by atoms with E-state index in [0.29, 0.717) is 18.8 Å². The molecule has 0 bridgehead atoms. The molecule has 3 nitrogen and oxygen atoms in total. The molecule has 0 saturated heterocycles. The summed E-state index contributed by atoms with van der Waals surface area (Å²) >= 11 is 0. The van der Waals surface area contributed by atoms with Crippen LogP contribution in [0.25, 0.3) is 0 Å². The van der Waals surface area contributed by atoms with Gasteiger partial charge in [0.1, 0.15) is 0 Å². The summed E-state index contributed by atoms with van der Waals surface area (Å²) in [6, 6.07) is 0. The minimum absolute atomic E-state index is 0.452. The molecule has 0 aliphatic heterocycles. The normalized spacial score (nSPS) is 35.8. The zero-order valence-corrected chi connectivity index (χ0v) is 7.79. The standard InChI is InChI=1S/C9H16O3/c1-6-4-9(12,5-6)8(2,3)7(10)11/h6,12H,4-5H2,1-3H3,(H,10,11). The Kier molecular flexibility index (Phi) is 1.95. The lowest BCUT2D eigenvalue weighted by atomic mass is 9.59. The Bertz CT molecular complexity index is 202. The molecule has 0 radical (unpaired) electrons. The van der Waals surface area contributed by atoms with Gasteiger partial charge in [-0.25, -0.2) is 0 Å². The Hall–Kier alpha value is -0.570. The van der Waals surface area contributed by atoms with Gasteiger partial charge in [0.2, 0.25) is 0 Å². The Morgan fingerprint density at radius 2 is 1.92 bits per heavy atom. The Morgan fingerprint density at radius 3 is 2.17 bits per heavy atom. The number of hydrogen-bond acceptors (Lipinski definition) is 2. The van der Waals surface area contributed by atoms with Gasteiger partial charge >= 0.3 is 5.97 Å². The van der Waals surface area contributed by atoms with Crippen molar-refractivity contribution in [2.75, 3.05) is 0 Å². The van der Waals surface area contributed by atoms with Crippen molar-refractivity contribution < 1.29 is 15.0 Å². The molecule has 0 unspecified atom stereocenters. The van der Waals surface area contributed by atoms with E-state index in [2.05, 4.69) is 0 Å². The van der Waals surface area contributed by atoms with E-state index in [-0.39, 0.29) is 0 Å². The topological polar surface area (TPSA) is 57.5 Å². The first-order valence-electron chi connectivity index (χ1n) is 4.25. The maximum Gasteiger partial charge on any atom is 0.312 e. The van der Waals surface area contributed by atoms with Crippen LogP contribution in [0, 0.1) is 11.3 Å². The monoisotopic (exact) mass is 172 g/mol. The molecule has 12 heavy (non-hydrogen) atoms.